The summed E-state index contributed by atoms with van der Waals surface area (Å²) in [6.45, 7) is 5.99. The zero-order valence-electron chi connectivity index (χ0n) is 21.3. The maximum Gasteiger partial charge on any atom is 0.251 e. The molecule has 1 aliphatic heterocycles. The molecule has 1 aliphatic rings. The van der Waals surface area contributed by atoms with Crippen LogP contribution in [0.15, 0.2) is 41.2 Å². The number of aromatic nitrogens is 5. The Hall–Kier alpha value is -4.52. The number of nitrogen functional groups attached to an aromatic ring is 1. The average molecular weight is 520 g/mol. The van der Waals surface area contributed by atoms with Gasteiger partial charge in [0.25, 0.3) is 5.91 Å². The fraction of sp³-hybridized carbons (Fsp3) is 0.360. The van der Waals surface area contributed by atoms with Crippen LogP contribution in [0.5, 0.6) is 11.6 Å². The van der Waals surface area contributed by atoms with Crippen LogP contribution in [0, 0.1) is 0 Å². The van der Waals surface area contributed by atoms with Crippen molar-refractivity contribution in [2.75, 3.05) is 45.5 Å². The zero-order valence-corrected chi connectivity index (χ0v) is 21.3. The van der Waals surface area contributed by atoms with Crippen LogP contribution in [0.4, 0.5) is 5.82 Å². The first-order valence-electron chi connectivity index (χ1n) is 12.4. The van der Waals surface area contributed by atoms with Gasteiger partial charge in [-0.05, 0) is 42.5 Å². The van der Waals surface area contributed by atoms with Crippen LogP contribution in [0.3, 0.4) is 0 Å². The molecule has 13 heteroatoms. The summed E-state index contributed by atoms with van der Waals surface area (Å²) in [6.07, 6.45) is 1.86. The number of carbonyl (C=O) groups is 2. The van der Waals surface area contributed by atoms with Crippen LogP contribution in [-0.2, 0) is 11.3 Å². The second-order valence-corrected chi connectivity index (χ2v) is 9.01. The predicted molar refractivity (Wildman–Crippen MR) is 138 cm³/mol. The summed E-state index contributed by atoms with van der Waals surface area (Å²) in [5.41, 5.74) is 8.04. The summed E-state index contributed by atoms with van der Waals surface area (Å²) in [4.78, 5) is 38.1. The van der Waals surface area contributed by atoms with Gasteiger partial charge < -0.3 is 30.2 Å². The molecule has 0 saturated carbocycles. The number of nitrogens with two attached hydrogens (primary N) is 1. The normalized spacial score (nSPS) is 14.1. The molecular weight excluding hydrogens is 490 g/mol. The standard InChI is InChI=1S/C25H29N9O4/c1-3-34-19-14-20(28-15-18(19)29-24(34)22-23(26)31-38-30-22)37-17-6-4-5-16(13-17)25(36)27-8-7-21(35)33-11-9-32(2)10-12-33/h4-6,13-15H,3,7-12H2,1-2H3,(H2,26,31)(H,27,36). The molecule has 13 nitrogen and oxygen atoms in total. The van der Waals surface area contributed by atoms with Crippen molar-refractivity contribution in [3.8, 4) is 23.1 Å². The van der Waals surface area contributed by atoms with E-state index in [0.717, 1.165) is 18.6 Å². The summed E-state index contributed by atoms with van der Waals surface area (Å²) in [5.74, 6) is 1.22. The minimum atomic E-state index is -0.280. The number of fused-ring (bicyclic) bond motifs is 1. The van der Waals surface area contributed by atoms with Gasteiger partial charge in [-0.2, -0.15) is 0 Å². The summed E-state index contributed by atoms with van der Waals surface area (Å²) in [5, 5.41) is 10.3. The van der Waals surface area contributed by atoms with E-state index in [0.29, 0.717) is 53.9 Å². The van der Waals surface area contributed by atoms with Gasteiger partial charge in [0.05, 0.1) is 11.7 Å². The van der Waals surface area contributed by atoms with Crippen LogP contribution in [0.2, 0.25) is 0 Å². The van der Waals surface area contributed by atoms with Gasteiger partial charge in [0, 0.05) is 57.3 Å². The van der Waals surface area contributed by atoms with Crippen LogP contribution in [0.1, 0.15) is 23.7 Å². The highest BCUT2D eigenvalue weighted by atomic mass is 16.6. The van der Waals surface area contributed by atoms with E-state index >= 15 is 0 Å². The number of hydrogen-bond donors (Lipinski definition) is 2. The van der Waals surface area contributed by atoms with E-state index in [1.807, 2.05) is 23.4 Å². The number of carbonyl (C=O) groups excluding carboxylic acids is 2. The van der Waals surface area contributed by atoms with Gasteiger partial charge in [0.2, 0.25) is 11.8 Å². The van der Waals surface area contributed by atoms with E-state index in [-0.39, 0.29) is 30.6 Å². The molecule has 0 atom stereocenters. The van der Waals surface area contributed by atoms with Crippen LogP contribution in [-0.4, -0.2) is 86.2 Å². The Morgan fingerprint density at radius 3 is 2.71 bits per heavy atom. The molecule has 2 amide bonds. The molecule has 3 N–H and O–H groups in total. The molecule has 0 aliphatic carbocycles. The van der Waals surface area contributed by atoms with Gasteiger partial charge in [-0.1, -0.05) is 6.07 Å². The fourth-order valence-electron chi connectivity index (χ4n) is 4.34. The first kappa shape index (κ1) is 25.1. The van der Waals surface area contributed by atoms with Gasteiger partial charge in [0.1, 0.15) is 11.3 Å². The number of rotatable bonds is 8. The third-order valence-electron chi connectivity index (χ3n) is 6.45. The van der Waals surface area contributed by atoms with Gasteiger partial charge in [-0.25, -0.2) is 14.6 Å². The number of ether oxygens (including phenoxy) is 1. The number of piperazine rings is 1. The lowest BCUT2D eigenvalue weighted by molar-refractivity contribution is -0.132. The van der Waals surface area contributed by atoms with Crippen molar-refractivity contribution in [2.24, 2.45) is 0 Å². The molecule has 0 bridgehead atoms. The molecule has 4 heterocycles. The van der Waals surface area contributed by atoms with E-state index in [1.54, 1.807) is 36.5 Å². The second-order valence-electron chi connectivity index (χ2n) is 9.01. The summed E-state index contributed by atoms with van der Waals surface area (Å²) < 4.78 is 12.6. The van der Waals surface area contributed by atoms with Crippen LogP contribution < -0.4 is 15.8 Å². The van der Waals surface area contributed by atoms with Gasteiger partial charge >= 0.3 is 0 Å². The summed E-state index contributed by atoms with van der Waals surface area (Å²) >= 11 is 0. The molecule has 0 unspecified atom stereocenters. The molecule has 1 saturated heterocycles. The maximum atomic E-state index is 12.7. The number of nitrogens with one attached hydrogen (secondary N) is 1. The fourth-order valence-corrected chi connectivity index (χ4v) is 4.34. The second kappa shape index (κ2) is 10.8. The van der Waals surface area contributed by atoms with Gasteiger partial charge in [-0.15, -0.1) is 0 Å². The van der Waals surface area contributed by atoms with E-state index in [4.69, 9.17) is 15.1 Å². The smallest absolute Gasteiger partial charge is 0.251 e. The van der Waals surface area contributed by atoms with E-state index in [9.17, 15) is 9.59 Å². The Morgan fingerprint density at radius 1 is 1.16 bits per heavy atom. The average Bonchev–Trinajstić information content (AvgIpc) is 3.51. The number of amides is 2. The summed E-state index contributed by atoms with van der Waals surface area (Å²) in [6, 6.07) is 8.55. The van der Waals surface area contributed by atoms with Crippen molar-refractivity contribution in [2.45, 2.75) is 19.9 Å². The minimum Gasteiger partial charge on any atom is -0.439 e. The van der Waals surface area contributed by atoms with Crippen LogP contribution in [0.25, 0.3) is 22.6 Å². The quantitative estimate of drug-likeness (QED) is 0.351. The molecule has 5 rings (SSSR count). The Balaban J connectivity index is 1.24. The maximum absolute atomic E-state index is 12.7. The number of nitrogens with zero attached hydrogens (tertiary/aromatic N) is 7. The molecule has 1 fully saturated rings. The Bertz CT molecular complexity index is 1460. The molecule has 1 aromatic carbocycles. The Labute approximate surface area is 218 Å². The highest BCUT2D eigenvalue weighted by Crippen LogP contribution is 2.29. The SMILES string of the molecule is CCn1c(-c2nonc2N)nc2cnc(Oc3cccc(C(=O)NCCC(=O)N4CCN(C)CC4)c3)cc21. The number of hydrogen-bond acceptors (Lipinski definition) is 10. The molecule has 0 radical (unpaired) electrons. The number of pyridine rings is 1. The first-order valence-corrected chi connectivity index (χ1v) is 12.4. The number of aryl methyl sites for hydroxylation is 1. The molecular formula is C25H29N9O4. The van der Waals surface area contributed by atoms with Crippen molar-refractivity contribution >= 4 is 28.7 Å². The first-order chi connectivity index (χ1) is 18.4. The molecule has 38 heavy (non-hydrogen) atoms. The largest absolute Gasteiger partial charge is 0.439 e. The highest BCUT2D eigenvalue weighted by Gasteiger charge is 2.20. The molecule has 4 aromatic rings. The molecule has 3 aromatic heterocycles. The van der Waals surface area contributed by atoms with Crippen molar-refractivity contribution in [1.82, 2.24) is 40.0 Å². The zero-order chi connectivity index (χ0) is 26.6. The molecule has 0 spiro atoms. The number of likely N-dealkylation sites (N-methyl/N-ethyl adjacent to an activating group) is 1. The lowest BCUT2D eigenvalue weighted by atomic mass is 10.2. The van der Waals surface area contributed by atoms with E-state index < -0.39 is 0 Å². The molecule has 198 valence electrons. The lowest BCUT2D eigenvalue weighted by Crippen LogP contribution is -2.47. The van der Waals surface area contributed by atoms with Crippen molar-refractivity contribution in [1.29, 1.82) is 0 Å². The van der Waals surface area contributed by atoms with Gasteiger partial charge in [0.15, 0.2) is 17.3 Å². The monoisotopic (exact) mass is 519 g/mol. The van der Waals surface area contributed by atoms with Crippen molar-refractivity contribution in [3.05, 3.63) is 42.1 Å². The van der Waals surface area contributed by atoms with Crippen molar-refractivity contribution in [3.63, 3.8) is 0 Å². The number of anilines is 1. The topological polar surface area (TPSA) is 158 Å². The highest BCUT2D eigenvalue weighted by molar-refractivity contribution is 5.94. The Morgan fingerprint density at radius 2 is 1.97 bits per heavy atom. The third-order valence-corrected chi connectivity index (χ3v) is 6.45. The van der Waals surface area contributed by atoms with E-state index in [1.165, 1.54) is 0 Å². The number of imidazole rings is 1. The Kier molecular flexibility index (Phi) is 7.18. The van der Waals surface area contributed by atoms with Crippen LogP contribution >= 0.6 is 0 Å². The van der Waals surface area contributed by atoms with E-state index in [2.05, 4.69) is 30.5 Å². The van der Waals surface area contributed by atoms with Gasteiger partial charge in [-0.3, -0.25) is 9.59 Å². The summed E-state index contributed by atoms with van der Waals surface area (Å²) in [7, 11) is 2.04. The number of benzene rings is 1. The predicted octanol–water partition coefficient (Wildman–Crippen LogP) is 1.77. The third kappa shape index (κ3) is 5.27. The lowest BCUT2D eigenvalue weighted by Gasteiger charge is -2.32. The minimum absolute atomic E-state index is 0.0499. The van der Waals surface area contributed by atoms with Crippen molar-refractivity contribution < 1.29 is 19.0 Å².